The zero-order valence-electron chi connectivity index (χ0n) is 10.4. The molecule has 0 spiro atoms. The van der Waals surface area contributed by atoms with E-state index in [4.69, 9.17) is 4.74 Å². The molecular weight excluding hydrogens is 232 g/mol. The number of benzene rings is 1. The first kappa shape index (κ1) is 13.8. The Labute approximate surface area is 106 Å². The van der Waals surface area contributed by atoms with Gasteiger partial charge < -0.3 is 15.4 Å². The van der Waals surface area contributed by atoms with E-state index in [-0.39, 0.29) is 12.3 Å². The minimum absolute atomic E-state index is 0.0945. The summed E-state index contributed by atoms with van der Waals surface area (Å²) < 4.78 is 4.70. The van der Waals surface area contributed by atoms with E-state index in [1.807, 2.05) is 25.1 Å². The Balaban J connectivity index is 2.55. The highest BCUT2D eigenvalue weighted by molar-refractivity contribution is 5.97. The molecule has 0 saturated carbocycles. The lowest BCUT2D eigenvalue weighted by Crippen LogP contribution is -2.31. The molecule has 2 N–H and O–H groups in total. The number of rotatable bonds is 4. The second-order valence-corrected chi connectivity index (χ2v) is 3.59. The molecule has 96 valence electrons. The maximum Gasteiger partial charge on any atom is 0.354 e. The van der Waals surface area contributed by atoms with Crippen LogP contribution < -0.4 is 10.6 Å². The average molecular weight is 248 g/mol. The summed E-state index contributed by atoms with van der Waals surface area (Å²) in [5, 5.41) is 4.94. The van der Waals surface area contributed by atoms with E-state index in [1.54, 1.807) is 13.0 Å². The van der Waals surface area contributed by atoms with Crippen LogP contribution in [0, 0.1) is 6.92 Å². The molecule has 0 aliphatic rings. The third kappa shape index (κ3) is 3.93. The van der Waals surface area contributed by atoms with Gasteiger partial charge in [-0.05, 0) is 25.5 Å². The Bertz CT molecular complexity index is 469. The van der Waals surface area contributed by atoms with Gasteiger partial charge in [0.25, 0.3) is 0 Å². The lowest BCUT2D eigenvalue weighted by Gasteiger charge is -2.10. The summed E-state index contributed by atoms with van der Waals surface area (Å²) in [5.41, 5.74) is 1.50. The van der Waals surface area contributed by atoms with Crippen molar-refractivity contribution in [1.82, 2.24) is 5.32 Å². The fraction of sp³-hybridized carbons (Fsp3) is 0.231. The van der Waals surface area contributed by atoms with Gasteiger partial charge in [0.05, 0.1) is 6.61 Å². The summed E-state index contributed by atoms with van der Waals surface area (Å²) in [4.78, 5) is 22.8. The first-order valence-corrected chi connectivity index (χ1v) is 5.54. The van der Waals surface area contributed by atoms with Crippen molar-refractivity contribution in [2.45, 2.75) is 13.8 Å². The summed E-state index contributed by atoms with van der Waals surface area (Å²) in [7, 11) is 0. The van der Waals surface area contributed by atoms with E-state index >= 15 is 0 Å². The fourth-order valence-corrected chi connectivity index (χ4v) is 1.27. The van der Waals surface area contributed by atoms with Crippen LogP contribution in [-0.2, 0) is 9.53 Å². The smallest absolute Gasteiger partial charge is 0.354 e. The molecule has 0 atom stereocenters. The van der Waals surface area contributed by atoms with Gasteiger partial charge in [0.2, 0.25) is 0 Å². The monoisotopic (exact) mass is 248 g/mol. The standard InChI is InChI=1S/C13H16N2O3/c1-4-18-12(16)10(3)14-13(17)15-11-8-6-5-7-9(11)2/h5-8H,3-4H2,1-2H3,(H2,14,15,17). The molecule has 1 aromatic rings. The van der Waals surface area contributed by atoms with Gasteiger partial charge in [0, 0.05) is 5.69 Å². The minimum Gasteiger partial charge on any atom is -0.461 e. The fourth-order valence-electron chi connectivity index (χ4n) is 1.27. The summed E-state index contributed by atoms with van der Waals surface area (Å²) in [6.45, 7) is 7.22. The summed E-state index contributed by atoms with van der Waals surface area (Å²) in [6, 6.07) is 6.79. The Morgan fingerprint density at radius 2 is 2.00 bits per heavy atom. The molecule has 0 saturated heterocycles. The van der Waals surface area contributed by atoms with Gasteiger partial charge in [-0.1, -0.05) is 24.8 Å². The SMILES string of the molecule is C=C(NC(=O)Nc1ccccc1C)C(=O)OCC. The van der Waals surface area contributed by atoms with E-state index in [1.165, 1.54) is 0 Å². The van der Waals surface area contributed by atoms with E-state index in [2.05, 4.69) is 17.2 Å². The van der Waals surface area contributed by atoms with Gasteiger partial charge in [0.15, 0.2) is 0 Å². The highest BCUT2D eigenvalue weighted by atomic mass is 16.5. The first-order valence-electron chi connectivity index (χ1n) is 5.54. The Hall–Kier alpha value is -2.30. The third-order valence-electron chi connectivity index (χ3n) is 2.18. The van der Waals surface area contributed by atoms with Crippen molar-refractivity contribution in [2.75, 3.05) is 11.9 Å². The molecule has 0 radical (unpaired) electrons. The second-order valence-electron chi connectivity index (χ2n) is 3.59. The second kappa shape index (κ2) is 6.44. The number of carbonyl (C=O) groups excluding carboxylic acids is 2. The molecule has 0 fully saturated rings. The van der Waals surface area contributed by atoms with E-state index in [0.717, 1.165) is 5.56 Å². The number of nitrogens with one attached hydrogen (secondary N) is 2. The Morgan fingerprint density at radius 1 is 1.33 bits per heavy atom. The van der Waals surface area contributed by atoms with Gasteiger partial charge in [-0.3, -0.25) is 0 Å². The Morgan fingerprint density at radius 3 is 2.61 bits per heavy atom. The summed E-state index contributed by atoms with van der Waals surface area (Å²) >= 11 is 0. The molecule has 0 aliphatic heterocycles. The van der Waals surface area contributed by atoms with Crippen LogP contribution in [0.2, 0.25) is 0 Å². The molecule has 0 aliphatic carbocycles. The number of esters is 1. The van der Waals surface area contributed by atoms with Crippen molar-refractivity contribution in [1.29, 1.82) is 0 Å². The van der Waals surface area contributed by atoms with Gasteiger partial charge in [-0.2, -0.15) is 0 Å². The maximum absolute atomic E-state index is 11.6. The topological polar surface area (TPSA) is 67.4 Å². The largest absolute Gasteiger partial charge is 0.461 e. The van der Waals surface area contributed by atoms with Crippen molar-refractivity contribution < 1.29 is 14.3 Å². The number of hydrogen-bond acceptors (Lipinski definition) is 3. The molecule has 0 aromatic heterocycles. The summed E-state index contributed by atoms with van der Waals surface area (Å²) in [6.07, 6.45) is 0. The van der Waals surface area contributed by atoms with Crippen molar-refractivity contribution in [3.63, 3.8) is 0 Å². The quantitative estimate of drug-likeness (QED) is 0.634. The highest BCUT2D eigenvalue weighted by Gasteiger charge is 2.11. The van der Waals surface area contributed by atoms with E-state index < -0.39 is 12.0 Å². The number of ether oxygens (including phenoxy) is 1. The van der Waals surface area contributed by atoms with E-state index in [9.17, 15) is 9.59 Å². The van der Waals surface area contributed by atoms with E-state index in [0.29, 0.717) is 5.69 Å². The number of anilines is 1. The first-order chi connectivity index (χ1) is 8.54. The zero-order valence-corrected chi connectivity index (χ0v) is 10.4. The number of urea groups is 1. The maximum atomic E-state index is 11.6. The van der Waals surface area contributed by atoms with Gasteiger partial charge in [0.1, 0.15) is 5.70 Å². The normalized spacial score (nSPS) is 9.44. The van der Waals surface area contributed by atoms with Crippen molar-refractivity contribution >= 4 is 17.7 Å². The van der Waals surface area contributed by atoms with Crippen LogP contribution in [0.1, 0.15) is 12.5 Å². The lowest BCUT2D eigenvalue weighted by atomic mass is 10.2. The number of hydrogen-bond donors (Lipinski definition) is 2. The molecule has 2 amide bonds. The molecule has 0 bridgehead atoms. The van der Waals surface area contributed by atoms with Gasteiger partial charge in [-0.25, -0.2) is 9.59 Å². The lowest BCUT2D eigenvalue weighted by molar-refractivity contribution is -0.138. The van der Waals surface area contributed by atoms with Crippen LogP contribution in [0.3, 0.4) is 0 Å². The van der Waals surface area contributed by atoms with Crippen LogP contribution >= 0.6 is 0 Å². The van der Waals surface area contributed by atoms with Crippen molar-refractivity contribution in [3.05, 3.63) is 42.1 Å². The molecular formula is C13H16N2O3. The third-order valence-corrected chi connectivity index (χ3v) is 2.18. The van der Waals surface area contributed by atoms with Crippen LogP contribution in [0.25, 0.3) is 0 Å². The highest BCUT2D eigenvalue weighted by Crippen LogP contribution is 2.12. The minimum atomic E-state index is -0.641. The summed E-state index contributed by atoms with van der Waals surface area (Å²) in [5.74, 6) is -0.641. The van der Waals surface area contributed by atoms with Crippen molar-refractivity contribution in [3.8, 4) is 0 Å². The molecule has 1 aromatic carbocycles. The molecule has 0 unspecified atom stereocenters. The van der Waals surface area contributed by atoms with Crippen molar-refractivity contribution in [2.24, 2.45) is 0 Å². The number of para-hydroxylation sites is 1. The molecule has 1 rings (SSSR count). The van der Waals surface area contributed by atoms with Gasteiger partial charge in [-0.15, -0.1) is 0 Å². The molecule has 5 heteroatoms. The number of carbonyl (C=O) groups is 2. The molecule has 5 nitrogen and oxygen atoms in total. The number of amides is 2. The van der Waals surface area contributed by atoms with Crippen LogP contribution in [0.15, 0.2) is 36.5 Å². The predicted molar refractivity (Wildman–Crippen MR) is 69.1 cm³/mol. The zero-order chi connectivity index (χ0) is 13.5. The van der Waals surface area contributed by atoms with Crippen LogP contribution in [0.4, 0.5) is 10.5 Å². The predicted octanol–water partition coefficient (Wildman–Crippen LogP) is 2.19. The average Bonchev–Trinajstić information content (AvgIpc) is 2.32. The van der Waals surface area contributed by atoms with Crippen LogP contribution in [0.5, 0.6) is 0 Å². The van der Waals surface area contributed by atoms with Crippen LogP contribution in [-0.4, -0.2) is 18.6 Å². The number of aryl methyl sites for hydroxylation is 1. The Kier molecular flexibility index (Phi) is 4.92. The molecule has 18 heavy (non-hydrogen) atoms. The molecule has 0 heterocycles. The van der Waals surface area contributed by atoms with Gasteiger partial charge >= 0.3 is 12.0 Å².